The van der Waals surface area contributed by atoms with E-state index in [0.717, 1.165) is 19.4 Å². The van der Waals surface area contributed by atoms with Crippen molar-refractivity contribution in [3.8, 4) is 11.1 Å². The molecule has 29 heavy (non-hydrogen) atoms. The molecule has 4 saturated heterocycles. The molecule has 150 valence electrons. The first-order valence-electron chi connectivity index (χ1n) is 10.5. The lowest BCUT2D eigenvalue weighted by atomic mass is 9.71. The van der Waals surface area contributed by atoms with Crippen molar-refractivity contribution in [2.45, 2.75) is 36.2 Å². The molecule has 2 aromatic rings. The number of piperidine rings is 3. The van der Waals surface area contributed by atoms with Crippen molar-refractivity contribution in [1.29, 1.82) is 0 Å². The standard InChI is InChI=1S/C25H27NO2S/c1-28-25(27)24-22-14-20-9-12-23(24)26(20)15-19(22)13-16-3-5-17(6-4-16)18-7-10-21(29-2)11-8-18/h3-8,10-11,13,20,22-24H,9,12,14-15H2,1-2H3/b19-13+. The molecule has 6 rings (SSSR count). The van der Waals surface area contributed by atoms with Crippen molar-refractivity contribution in [1.82, 2.24) is 4.90 Å². The molecule has 4 heteroatoms. The van der Waals surface area contributed by atoms with Gasteiger partial charge in [0.15, 0.2) is 0 Å². The summed E-state index contributed by atoms with van der Waals surface area (Å²) in [6.07, 6.45) is 7.88. The van der Waals surface area contributed by atoms with E-state index < -0.39 is 0 Å². The maximum Gasteiger partial charge on any atom is 0.310 e. The second-order valence-corrected chi connectivity index (χ2v) is 9.31. The number of thioether (sulfide) groups is 1. The van der Waals surface area contributed by atoms with Gasteiger partial charge in [-0.2, -0.15) is 0 Å². The number of hydrogen-bond donors (Lipinski definition) is 0. The minimum atomic E-state index is -0.0278. The first-order chi connectivity index (χ1) is 14.2. The Balaban J connectivity index is 1.39. The van der Waals surface area contributed by atoms with Crippen LogP contribution in [0.5, 0.6) is 0 Å². The Labute approximate surface area is 177 Å². The van der Waals surface area contributed by atoms with Crippen LogP contribution in [-0.4, -0.2) is 42.9 Å². The van der Waals surface area contributed by atoms with Gasteiger partial charge in [-0.05, 0) is 60.3 Å². The molecule has 4 bridgehead atoms. The number of hydrogen-bond acceptors (Lipinski definition) is 4. The Morgan fingerprint density at radius 1 is 1.07 bits per heavy atom. The number of methoxy groups -OCH3 is 1. The van der Waals surface area contributed by atoms with E-state index >= 15 is 0 Å². The predicted octanol–water partition coefficient (Wildman–Crippen LogP) is 5.11. The number of nitrogens with zero attached hydrogens (tertiary/aromatic N) is 1. The van der Waals surface area contributed by atoms with Gasteiger partial charge in [0, 0.05) is 23.5 Å². The van der Waals surface area contributed by atoms with Gasteiger partial charge in [0.25, 0.3) is 0 Å². The summed E-state index contributed by atoms with van der Waals surface area (Å²) < 4.78 is 5.18. The summed E-state index contributed by atoms with van der Waals surface area (Å²) in [5.74, 6) is 0.316. The molecule has 4 aliphatic heterocycles. The third-order valence-electron chi connectivity index (χ3n) is 7.07. The van der Waals surface area contributed by atoms with E-state index in [0.29, 0.717) is 18.0 Å². The summed E-state index contributed by atoms with van der Waals surface area (Å²) in [4.78, 5) is 16.4. The Morgan fingerprint density at radius 2 is 1.76 bits per heavy atom. The van der Waals surface area contributed by atoms with E-state index in [1.165, 1.54) is 40.7 Å². The van der Waals surface area contributed by atoms with E-state index in [2.05, 4.69) is 65.8 Å². The van der Waals surface area contributed by atoms with Gasteiger partial charge in [0.1, 0.15) is 0 Å². The van der Waals surface area contributed by atoms with Crippen LogP contribution in [0.1, 0.15) is 24.8 Å². The van der Waals surface area contributed by atoms with Crippen molar-refractivity contribution < 1.29 is 9.53 Å². The molecule has 0 saturated carbocycles. The van der Waals surface area contributed by atoms with Gasteiger partial charge in [0.2, 0.25) is 0 Å². The first-order valence-corrected chi connectivity index (χ1v) is 11.7. The van der Waals surface area contributed by atoms with Crippen LogP contribution in [0.15, 0.2) is 59.0 Å². The highest BCUT2D eigenvalue weighted by molar-refractivity contribution is 7.98. The molecule has 0 N–H and O–H groups in total. The number of rotatable bonds is 4. The maximum absolute atomic E-state index is 12.5. The van der Waals surface area contributed by atoms with E-state index in [-0.39, 0.29) is 11.9 Å². The molecule has 4 aliphatic rings. The Bertz CT molecular complexity index is 934. The molecular formula is C25H27NO2S. The monoisotopic (exact) mass is 405 g/mol. The van der Waals surface area contributed by atoms with Crippen LogP contribution in [-0.2, 0) is 9.53 Å². The number of benzene rings is 2. The molecular weight excluding hydrogens is 378 g/mol. The summed E-state index contributed by atoms with van der Waals surface area (Å²) in [6, 6.07) is 18.5. The molecule has 0 radical (unpaired) electrons. The van der Waals surface area contributed by atoms with Crippen molar-refractivity contribution >= 4 is 23.8 Å². The molecule has 4 fully saturated rings. The summed E-state index contributed by atoms with van der Waals surface area (Å²) in [7, 11) is 1.53. The summed E-state index contributed by atoms with van der Waals surface area (Å²) >= 11 is 1.76. The van der Waals surface area contributed by atoms with Crippen molar-refractivity contribution in [3.05, 3.63) is 59.7 Å². The second kappa shape index (κ2) is 7.66. The smallest absolute Gasteiger partial charge is 0.310 e. The largest absolute Gasteiger partial charge is 0.469 e. The lowest BCUT2D eigenvalue weighted by Crippen LogP contribution is -2.58. The van der Waals surface area contributed by atoms with Crippen LogP contribution < -0.4 is 0 Å². The fraction of sp³-hybridized carbons (Fsp3) is 0.400. The van der Waals surface area contributed by atoms with Gasteiger partial charge >= 0.3 is 5.97 Å². The zero-order valence-electron chi connectivity index (χ0n) is 17.0. The molecule has 0 spiro atoms. The van der Waals surface area contributed by atoms with E-state index in [1.54, 1.807) is 11.8 Å². The Kier molecular flexibility index (Phi) is 5.00. The summed E-state index contributed by atoms with van der Waals surface area (Å²) in [5.41, 5.74) is 5.09. The molecule has 0 amide bonds. The first kappa shape index (κ1) is 19.0. The fourth-order valence-electron chi connectivity index (χ4n) is 5.65. The Morgan fingerprint density at radius 3 is 2.41 bits per heavy atom. The molecule has 3 nitrogen and oxygen atoms in total. The molecule has 2 aromatic carbocycles. The third kappa shape index (κ3) is 3.32. The molecule has 0 aliphatic carbocycles. The summed E-state index contributed by atoms with van der Waals surface area (Å²) in [6.45, 7) is 1.01. The van der Waals surface area contributed by atoms with Gasteiger partial charge in [0.05, 0.1) is 13.0 Å². The predicted molar refractivity (Wildman–Crippen MR) is 119 cm³/mol. The number of ether oxygens (including phenoxy) is 1. The fourth-order valence-corrected chi connectivity index (χ4v) is 6.06. The van der Waals surface area contributed by atoms with Gasteiger partial charge in [-0.25, -0.2) is 0 Å². The highest BCUT2D eigenvalue weighted by Gasteiger charge is 2.55. The average Bonchev–Trinajstić information content (AvgIpc) is 3.08. The van der Waals surface area contributed by atoms with Crippen LogP contribution in [0.25, 0.3) is 17.2 Å². The van der Waals surface area contributed by atoms with Gasteiger partial charge in [-0.3, -0.25) is 9.69 Å². The maximum atomic E-state index is 12.5. The molecule has 5 unspecified atom stereocenters. The lowest BCUT2D eigenvalue weighted by molar-refractivity contribution is -0.153. The zero-order valence-corrected chi connectivity index (χ0v) is 17.8. The van der Waals surface area contributed by atoms with E-state index in [1.807, 2.05) is 0 Å². The second-order valence-electron chi connectivity index (χ2n) is 8.43. The van der Waals surface area contributed by atoms with Crippen molar-refractivity contribution in [3.63, 3.8) is 0 Å². The normalized spacial score (nSPS) is 31.2. The Hall–Kier alpha value is -2.04. The molecule has 5 atom stereocenters. The topological polar surface area (TPSA) is 29.5 Å². The van der Waals surface area contributed by atoms with Crippen molar-refractivity contribution in [2.75, 3.05) is 19.9 Å². The zero-order chi connectivity index (χ0) is 20.0. The highest BCUT2D eigenvalue weighted by Crippen LogP contribution is 2.50. The van der Waals surface area contributed by atoms with Crippen LogP contribution in [0, 0.1) is 11.8 Å². The van der Waals surface area contributed by atoms with Gasteiger partial charge in [-0.15, -0.1) is 11.8 Å². The number of carbonyl (C=O) groups is 1. The van der Waals surface area contributed by atoms with E-state index in [9.17, 15) is 4.79 Å². The summed E-state index contributed by atoms with van der Waals surface area (Å²) in [5, 5.41) is 0. The third-order valence-corrected chi connectivity index (χ3v) is 7.81. The lowest BCUT2D eigenvalue weighted by Gasteiger charge is -2.50. The SMILES string of the molecule is COC(=O)C1C2CC3CCC1N3C/C2=C\c1ccc(-c2ccc(SC)cc2)cc1. The molecule has 4 heterocycles. The van der Waals surface area contributed by atoms with Crippen LogP contribution in [0.3, 0.4) is 0 Å². The quantitative estimate of drug-likeness (QED) is 0.522. The minimum absolute atomic E-state index is 0.00738. The van der Waals surface area contributed by atoms with Crippen LogP contribution in [0.2, 0.25) is 0 Å². The number of esters is 1. The van der Waals surface area contributed by atoms with Crippen molar-refractivity contribution in [2.24, 2.45) is 11.8 Å². The van der Waals surface area contributed by atoms with Crippen LogP contribution in [0.4, 0.5) is 0 Å². The van der Waals surface area contributed by atoms with Crippen LogP contribution >= 0.6 is 11.8 Å². The van der Waals surface area contributed by atoms with Gasteiger partial charge < -0.3 is 4.74 Å². The van der Waals surface area contributed by atoms with Gasteiger partial charge in [-0.1, -0.05) is 48.0 Å². The highest BCUT2D eigenvalue weighted by atomic mass is 32.2. The number of fused-ring (bicyclic) bond motifs is 1. The molecule has 0 aromatic heterocycles. The minimum Gasteiger partial charge on any atom is -0.469 e. The van der Waals surface area contributed by atoms with E-state index in [4.69, 9.17) is 4.74 Å². The number of carbonyl (C=O) groups excluding carboxylic acids is 1. The average molecular weight is 406 g/mol.